The second kappa shape index (κ2) is 10.1. The molecular formula is C20H22O5. The van der Waals surface area contributed by atoms with E-state index in [4.69, 9.17) is 14.2 Å². The number of aldehydes is 1. The van der Waals surface area contributed by atoms with Crippen LogP contribution in [0.25, 0.3) is 0 Å². The highest BCUT2D eigenvalue weighted by Gasteiger charge is 2.04. The lowest BCUT2D eigenvalue weighted by molar-refractivity contribution is -0.145. The van der Waals surface area contributed by atoms with Crippen LogP contribution in [0, 0.1) is 0 Å². The highest BCUT2D eigenvalue weighted by Crippen LogP contribution is 2.14. The zero-order chi connectivity index (χ0) is 17.9. The number of ether oxygens (including phenoxy) is 3. The third-order valence-corrected chi connectivity index (χ3v) is 3.42. The van der Waals surface area contributed by atoms with Gasteiger partial charge in [0.25, 0.3) is 0 Å². The van der Waals surface area contributed by atoms with Gasteiger partial charge in [0, 0.05) is 12.0 Å². The number of hydrogen-bond acceptors (Lipinski definition) is 5. The van der Waals surface area contributed by atoms with Gasteiger partial charge in [0.1, 0.15) is 24.4 Å². The third kappa shape index (κ3) is 6.67. The summed E-state index contributed by atoms with van der Waals surface area (Å²) in [6.07, 6.45) is 1.60. The van der Waals surface area contributed by atoms with Crippen LogP contribution < -0.4 is 9.47 Å². The first-order valence-electron chi connectivity index (χ1n) is 8.26. The van der Waals surface area contributed by atoms with Gasteiger partial charge < -0.3 is 14.2 Å². The molecule has 25 heavy (non-hydrogen) atoms. The van der Waals surface area contributed by atoms with Crippen molar-refractivity contribution in [1.82, 2.24) is 0 Å². The maximum absolute atomic E-state index is 11.7. The van der Waals surface area contributed by atoms with Crippen LogP contribution in [-0.4, -0.2) is 25.5 Å². The lowest BCUT2D eigenvalue weighted by Gasteiger charge is -2.08. The molecule has 0 amide bonds. The van der Waals surface area contributed by atoms with Crippen molar-refractivity contribution < 1.29 is 23.8 Å². The van der Waals surface area contributed by atoms with Gasteiger partial charge >= 0.3 is 5.97 Å². The molecule has 5 nitrogen and oxygen atoms in total. The van der Waals surface area contributed by atoms with E-state index in [0.717, 1.165) is 17.6 Å². The van der Waals surface area contributed by atoms with Gasteiger partial charge in [0.05, 0.1) is 13.2 Å². The number of carbonyl (C=O) groups excluding carboxylic acids is 2. The highest BCUT2D eigenvalue weighted by atomic mass is 16.5. The average Bonchev–Trinajstić information content (AvgIpc) is 2.65. The quantitative estimate of drug-likeness (QED) is 0.373. The smallest absolute Gasteiger partial charge is 0.306 e. The van der Waals surface area contributed by atoms with E-state index in [1.165, 1.54) is 0 Å². The molecule has 0 aliphatic rings. The van der Waals surface area contributed by atoms with Gasteiger partial charge in [-0.1, -0.05) is 24.3 Å². The van der Waals surface area contributed by atoms with Crippen molar-refractivity contribution >= 4 is 12.3 Å². The molecule has 0 atom stereocenters. The van der Waals surface area contributed by atoms with E-state index in [-0.39, 0.29) is 19.0 Å². The average molecular weight is 342 g/mol. The molecule has 2 rings (SSSR count). The van der Waals surface area contributed by atoms with E-state index in [9.17, 15) is 9.59 Å². The molecule has 5 heteroatoms. The largest absolute Gasteiger partial charge is 0.494 e. The molecule has 132 valence electrons. The summed E-state index contributed by atoms with van der Waals surface area (Å²) in [6.45, 7) is 3.18. The summed E-state index contributed by atoms with van der Waals surface area (Å²) in [5, 5.41) is 0. The Balaban J connectivity index is 1.64. The van der Waals surface area contributed by atoms with Gasteiger partial charge in [0.2, 0.25) is 0 Å². The Morgan fingerprint density at radius 2 is 1.84 bits per heavy atom. The standard InChI is InChI=1S/C20H22O5/c1-2-23-18-10-8-16(9-11-18)15-25-20(22)7-4-12-24-19-6-3-5-17(13-19)14-21/h3,5-6,8-11,13-14H,2,4,7,12,15H2,1H3. The molecule has 0 aliphatic heterocycles. The fourth-order valence-electron chi connectivity index (χ4n) is 2.17. The molecule has 0 saturated carbocycles. The van der Waals surface area contributed by atoms with Crippen LogP contribution in [0.4, 0.5) is 0 Å². The number of hydrogen-bond donors (Lipinski definition) is 0. The molecule has 0 radical (unpaired) electrons. The summed E-state index contributed by atoms with van der Waals surface area (Å²) in [7, 11) is 0. The van der Waals surface area contributed by atoms with E-state index in [0.29, 0.717) is 30.9 Å². The summed E-state index contributed by atoms with van der Waals surface area (Å²) in [5.74, 6) is 1.15. The van der Waals surface area contributed by atoms with Crippen LogP contribution in [0.3, 0.4) is 0 Å². The summed E-state index contributed by atoms with van der Waals surface area (Å²) >= 11 is 0. The Morgan fingerprint density at radius 1 is 1.04 bits per heavy atom. The van der Waals surface area contributed by atoms with Crippen LogP contribution in [0.5, 0.6) is 11.5 Å². The molecule has 0 fully saturated rings. The van der Waals surface area contributed by atoms with Crippen LogP contribution in [0.2, 0.25) is 0 Å². The minimum absolute atomic E-state index is 0.244. The molecule has 0 saturated heterocycles. The Kier molecular flexibility index (Phi) is 7.50. The SMILES string of the molecule is CCOc1ccc(COC(=O)CCCOc2cccc(C=O)c2)cc1. The summed E-state index contributed by atoms with van der Waals surface area (Å²) in [4.78, 5) is 22.4. The second-order valence-corrected chi connectivity index (χ2v) is 5.38. The summed E-state index contributed by atoms with van der Waals surface area (Å²) in [5.41, 5.74) is 1.48. The van der Waals surface area contributed by atoms with Gasteiger partial charge in [-0.3, -0.25) is 9.59 Å². The van der Waals surface area contributed by atoms with Crippen molar-refractivity contribution in [2.24, 2.45) is 0 Å². The first kappa shape index (κ1) is 18.5. The number of esters is 1. The van der Waals surface area contributed by atoms with Crippen molar-refractivity contribution in [2.75, 3.05) is 13.2 Å². The maximum atomic E-state index is 11.7. The van der Waals surface area contributed by atoms with E-state index in [1.807, 2.05) is 31.2 Å². The molecule has 0 N–H and O–H groups in total. The van der Waals surface area contributed by atoms with Gasteiger partial charge in [-0.25, -0.2) is 0 Å². The molecule has 2 aromatic rings. The predicted octanol–water partition coefficient (Wildman–Crippen LogP) is 3.80. The van der Waals surface area contributed by atoms with Crippen LogP contribution >= 0.6 is 0 Å². The van der Waals surface area contributed by atoms with Crippen molar-refractivity contribution in [3.63, 3.8) is 0 Å². The first-order valence-corrected chi connectivity index (χ1v) is 8.26. The zero-order valence-electron chi connectivity index (χ0n) is 14.3. The lowest BCUT2D eigenvalue weighted by atomic mass is 10.2. The van der Waals surface area contributed by atoms with E-state index >= 15 is 0 Å². The predicted molar refractivity (Wildman–Crippen MR) is 94.0 cm³/mol. The number of carbonyl (C=O) groups is 2. The van der Waals surface area contributed by atoms with Crippen molar-refractivity contribution in [3.8, 4) is 11.5 Å². The molecule has 0 spiro atoms. The Labute approximate surface area is 147 Å². The summed E-state index contributed by atoms with van der Waals surface area (Å²) in [6, 6.07) is 14.4. The van der Waals surface area contributed by atoms with Crippen LogP contribution in [0.15, 0.2) is 48.5 Å². The molecule has 0 aliphatic carbocycles. The van der Waals surface area contributed by atoms with E-state index < -0.39 is 0 Å². The van der Waals surface area contributed by atoms with Gasteiger partial charge in [-0.15, -0.1) is 0 Å². The Bertz CT molecular complexity index is 679. The first-order chi connectivity index (χ1) is 12.2. The normalized spacial score (nSPS) is 10.1. The minimum atomic E-state index is -0.265. The monoisotopic (exact) mass is 342 g/mol. The van der Waals surface area contributed by atoms with Gasteiger partial charge in [-0.05, 0) is 43.2 Å². The van der Waals surface area contributed by atoms with Crippen molar-refractivity contribution in [1.29, 1.82) is 0 Å². The fourth-order valence-corrected chi connectivity index (χ4v) is 2.17. The van der Waals surface area contributed by atoms with Crippen LogP contribution in [0.1, 0.15) is 35.7 Å². The van der Waals surface area contributed by atoms with Gasteiger partial charge in [-0.2, -0.15) is 0 Å². The minimum Gasteiger partial charge on any atom is -0.494 e. The maximum Gasteiger partial charge on any atom is 0.306 e. The van der Waals surface area contributed by atoms with Gasteiger partial charge in [0.15, 0.2) is 0 Å². The molecule has 0 bridgehead atoms. The molecule has 0 unspecified atom stereocenters. The lowest BCUT2D eigenvalue weighted by Crippen LogP contribution is -2.07. The highest BCUT2D eigenvalue weighted by molar-refractivity contribution is 5.75. The molecule has 0 heterocycles. The van der Waals surface area contributed by atoms with E-state index in [2.05, 4.69) is 0 Å². The Morgan fingerprint density at radius 3 is 2.56 bits per heavy atom. The molecule has 0 aromatic heterocycles. The topological polar surface area (TPSA) is 61.8 Å². The third-order valence-electron chi connectivity index (χ3n) is 3.42. The molecule has 2 aromatic carbocycles. The van der Waals surface area contributed by atoms with E-state index in [1.54, 1.807) is 24.3 Å². The van der Waals surface area contributed by atoms with Crippen molar-refractivity contribution in [2.45, 2.75) is 26.4 Å². The van der Waals surface area contributed by atoms with Crippen LogP contribution in [-0.2, 0) is 16.1 Å². The number of benzene rings is 2. The van der Waals surface area contributed by atoms with Crippen molar-refractivity contribution in [3.05, 3.63) is 59.7 Å². The number of rotatable bonds is 10. The Hall–Kier alpha value is -2.82. The zero-order valence-corrected chi connectivity index (χ0v) is 14.3. The second-order valence-electron chi connectivity index (χ2n) is 5.38. The summed E-state index contributed by atoms with van der Waals surface area (Å²) < 4.78 is 16.1. The molecular weight excluding hydrogens is 320 g/mol. The fraction of sp³-hybridized carbons (Fsp3) is 0.300.